The van der Waals surface area contributed by atoms with Crippen molar-refractivity contribution >= 4 is 5.91 Å². The van der Waals surface area contributed by atoms with Crippen molar-refractivity contribution in [2.75, 3.05) is 19.8 Å². The fourth-order valence-electron chi connectivity index (χ4n) is 4.28. The van der Waals surface area contributed by atoms with Crippen molar-refractivity contribution < 1.29 is 19.0 Å². The van der Waals surface area contributed by atoms with Gasteiger partial charge >= 0.3 is 0 Å². The SMILES string of the molecule is Cc1cc(OCC(=O)NC2COC2)cc(C)c1Cc1ccc(OCc2ccccc2)c(C(C)C)c1. The Balaban J connectivity index is 1.42. The molecule has 1 aliphatic heterocycles. The first-order valence-electron chi connectivity index (χ1n) is 12.3. The fourth-order valence-corrected chi connectivity index (χ4v) is 4.28. The van der Waals surface area contributed by atoms with Gasteiger partial charge in [0, 0.05) is 0 Å². The van der Waals surface area contributed by atoms with E-state index in [9.17, 15) is 4.79 Å². The minimum absolute atomic E-state index is 0.0108. The molecule has 1 N–H and O–H groups in total. The number of carbonyl (C=O) groups excluding carboxylic acids is 1. The Hall–Kier alpha value is -3.31. The summed E-state index contributed by atoms with van der Waals surface area (Å²) < 4.78 is 17.0. The van der Waals surface area contributed by atoms with Crippen molar-refractivity contribution in [2.24, 2.45) is 0 Å². The van der Waals surface area contributed by atoms with Crippen molar-refractivity contribution in [3.8, 4) is 11.5 Å². The highest BCUT2D eigenvalue weighted by Crippen LogP contribution is 2.31. The second-order valence-corrected chi connectivity index (χ2v) is 9.60. The topological polar surface area (TPSA) is 56.8 Å². The minimum atomic E-state index is -0.117. The van der Waals surface area contributed by atoms with Crippen LogP contribution < -0.4 is 14.8 Å². The lowest BCUT2D eigenvalue weighted by Gasteiger charge is -2.26. The van der Waals surface area contributed by atoms with Crippen molar-refractivity contribution in [2.45, 2.75) is 52.7 Å². The van der Waals surface area contributed by atoms with Crippen LogP contribution in [0.15, 0.2) is 60.7 Å². The number of amides is 1. The molecule has 0 bridgehead atoms. The molecule has 5 nitrogen and oxygen atoms in total. The Labute approximate surface area is 208 Å². The summed E-state index contributed by atoms with van der Waals surface area (Å²) in [6.45, 7) is 10.3. The third-order valence-corrected chi connectivity index (χ3v) is 6.36. The summed E-state index contributed by atoms with van der Waals surface area (Å²) in [4.78, 5) is 12.0. The van der Waals surface area contributed by atoms with Crippen LogP contribution in [-0.2, 0) is 22.6 Å². The summed E-state index contributed by atoms with van der Waals surface area (Å²) in [5.41, 5.74) is 7.22. The number of nitrogens with one attached hydrogen (secondary N) is 1. The molecule has 3 aromatic rings. The number of ether oxygens (including phenoxy) is 3. The molecule has 3 aromatic carbocycles. The zero-order chi connectivity index (χ0) is 24.8. The first kappa shape index (κ1) is 24.8. The molecule has 0 atom stereocenters. The quantitative estimate of drug-likeness (QED) is 0.423. The molecule has 1 heterocycles. The van der Waals surface area contributed by atoms with Crippen LogP contribution in [0.2, 0.25) is 0 Å². The molecule has 1 aliphatic rings. The number of hydrogen-bond donors (Lipinski definition) is 1. The van der Waals surface area contributed by atoms with Gasteiger partial charge in [-0.2, -0.15) is 0 Å². The van der Waals surface area contributed by atoms with E-state index in [1.165, 1.54) is 16.7 Å². The summed E-state index contributed by atoms with van der Waals surface area (Å²) in [5, 5.41) is 2.90. The van der Waals surface area contributed by atoms with Gasteiger partial charge in [-0.1, -0.05) is 56.3 Å². The lowest BCUT2D eigenvalue weighted by molar-refractivity contribution is -0.127. The molecular formula is C30H35NO4. The first-order chi connectivity index (χ1) is 16.9. The highest BCUT2D eigenvalue weighted by Gasteiger charge is 2.20. The van der Waals surface area contributed by atoms with E-state index in [0.717, 1.165) is 34.6 Å². The van der Waals surface area contributed by atoms with Gasteiger partial charge in [0.15, 0.2) is 6.61 Å². The summed E-state index contributed by atoms with van der Waals surface area (Å²) in [6.07, 6.45) is 0.832. The molecule has 4 rings (SSSR count). The molecule has 35 heavy (non-hydrogen) atoms. The maximum atomic E-state index is 12.0. The van der Waals surface area contributed by atoms with Gasteiger partial charge in [0.05, 0.1) is 19.3 Å². The smallest absolute Gasteiger partial charge is 0.258 e. The molecular weight excluding hydrogens is 438 g/mol. The van der Waals surface area contributed by atoms with Gasteiger partial charge in [0.1, 0.15) is 18.1 Å². The van der Waals surface area contributed by atoms with E-state index in [0.29, 0.717) is 25.7 Å². The van der Waals surface area contributed by atoms with Gasteiger partial charge in [-0.3, -0.25) is 4.79 Å². The van der Waals surface area contributed by atoms with Crippen molar-refractivity contribution in [1.82, 2.24) is 5.32 Å². The minimum Gasteiger partial charge on any atom is -0.489 e. The number of carbonyl (C=O) groups is 1. The van der Waals surface area contributed by atoms with Crippen LogP contribution in [0, 0.1) is 13.8 Å². The number of rotatable bonds is 10. The van der Waals surface area contributed by atoms with Crippen LogP contribution >= 0.6 is 0 Å². The van der Waals surface area contributed by atoms with E-state index in [-0.39, 0.29) is 18.6 Å². The predicted molar refractivity (Wildman–Crippen MR) is 138 cm³/mol. The van der Waals surface area contributed by atoms with E-state index < -0.39 is 0 Å². The zero-order valence-electron chi connectivity index (χ0n) is 21.1. The molecule has 1 fully saturated rings. The third-order valence-electron chi connectivity index (χ3n) is 6.36. The van der Waals surface area contributed by atoms with Crippen LogP contribution in [0.4, 0.5) is 0 Å². The Kier molecular flexibility index (Phi) is 8.09. The standard InChI is InChI=1S/C30H35NO4/c1-20(2)27-14-24(10-11-29(27)35-16-23-8-6-5-7-9-23)15-28-21(3)12-26(13-22(28)4)34-19-30(32)31-25-17-33-18-25/h5-14,20,25H,15-19H2,1-4H3,(H,31,32). The highest BCUT2D eigenvalue weighted by atomic mass is 16.5. The first-order valence-corrected chi connectivity index (χ1v) is 12.3. The molecule has 0 radical (unpaired) electrons. The number of aryl methyl sites for hydroxylation is 2. The third kappa shape index (κ3) is 6.64. The van der Waals surface area contributed by atoms with Gasteiger partial charge < -0.3 is 19.5 Å². The Morgan fingerprint density at radius 3 is 2.31 bits per heavy atom. The Bertz CT molecular complexity index is 1130. The molecule has 0 unspecified atom stereocenters. The van der Waals surface area contributed by atoms with Gasteiger partial charge in [-0.25, -0.2) is 0 Å². The van der Waals surface area contributed by atoms with Gasteiger partial charge in [-0.15, -0.1) is 0 Å². The normalized spacial score (nSPS) is 13.4. The lowest BCUT2D eigenvalue weighted by Crippen LogP contribution is -2.49. The molecule has 1 amide bonds. The van der Waals surface area contributed by atoms with Crippen molar-refractivity contribution in [3.63, 3.8) is 0 Å². The second-order valence-electron chi connectivity index (χ2n) is 9.60. The predicted octanol–water partition coefficient (Wildman–Crippen LogP) is 5.49. The Morgan fingerprint density at radius 2 is 1.69 bits per heavy atom. The molecule has 1 saturated heterocycles. The zero-order valence-corrected chi connectivity index (χ0v) is 21.1. The summed E-state index contributed by atoms with van der Waals surface area (Å²) in [7, 11) is 0. The average Bonchev–Trinajstić information content (AvgIpc) is 2.82. The largest absolute Gasteiger partial charge is 0.489 e. The van der Waals surface area contributed by atoms with Gasteiger partial charge in [0.25, 0.3) is 5.91 Å². The molecule has 5 heteroatoms. The van der Waals surface area contributed by atoms with Crippen LogP contribution in [-0.4, -0.2) is 31.8 Å². The maximum absolute atomic E-state index is 12.0. The van der Waals surface area contributed by atoms with E-state index >= 15 is 0 Å². The van der Waals surface area contributed by atoms with Crippen LogP contribution in [0.1, 0.15) is 53.1 Å². The van der Waals surface area contributed by atoms with Crippen LogP contribution in [0.3, 0.4) is 0 Å². The molecule has 0 aliphatic carbocycles. The lowest BCUT2D eigenvalue weighted by atomic mass is 9.93. The molecule has 0 aromatic heterocycles. The average molecular weight is 474 g/mol. The summed E-state index contributed by atoms with van der Waals surface area (Å²) >= 11 is 0. The fraction of sp³-hybridized carbons (Fsp3) is 0.367. The number of benzene rings is 3. The van der Waals surface area contributed by atoms with E-state index in [4.69, 9.17) is 14.2 Å². The Morgan fingerprint density at radius 1 is 0.971 bits per heavy atom. The van der Waals surface area contributed by atoms with Gasteiger partial charge in [0.2, 0.25) is 0 Å². The van der Waals surface area contributed by atoms with Crippen LogP contribution in [0.5, 0.6) is 11.5 Å². The molecule has 0 saturated carbocycles. The van der Waals surface area contributed by atoms with E-state index in [2.05, 4.69) is 63.3 Å². The molecule has 0 spiro atoms. The van der Waals surface area contributed by atoms with Crippen molar-refractivity contribution in [1.29, 1.82) is 0 Å². The highest BCUT2D eigenvalue weighted by molar-refractivity contribution is 5.78. The van der Waals surface area contributed by atoms with Gasteiger partial charge in [-0.05, 0) is 77.8 Å². The van der Waals surface area contributed by atoms with E-state index in [1.54, 1.807) is 0 Å². The van der Waals surface area contributed by atoms with Crippen molar-refractivity contribution in [3.05, 3.63) is 94.0 Å². The maximum Gasteiger partial charge on any atom is 0.258 e. The number of hydrogen-bond acceptors (Lipinski definition) is 4. The van der Waals surface area contributed by atoms with Crippen LogP contribution in [0.25, 0.3) is 0 Å². The second kappa shape index (κ2) is 11.4. The summed E-state index contributed by atoms with van der Waals surface area (Å²) in [5.74, 6) is 1.90. The monoisotopic (exact) mass is 473 g/mol. The van der Waals surface area contributed by atoms with E-state index in [1.807, 2.05) is 30.3 Å². The summed E-state index contributed by atoms with van der Waals surface area (Å²) in [6, 6.07) is 20.9. The molecule has 184 valence electrons.